The van der Waals surface area contributed by atoms with Gasteiger partial charge >= 0.3 is 6.18 Å². The number of benzene rings is 1. The quantitative estimate of drug-likeness (QED) is 0.687. The third-order valence-corrected chi connectivity index (χ3v) is 4.14. The van der Waals surface area contributed by atoms with Gasteiger partial charge in [-0.15, -0.1) is 11.3 Å². The Labute approximate surface area is 130 Å². The Morgan fingerprint density at radius 2 is 2.00 bits per heavy atom. The third-order valence-electron chi connectivity index (χ3n) is 2.77. The van der Waals surface area contributed by atoms with Crippen molar-refractivity contribution in [3.05, 3.63) is 45.7 Å². The van der Waals surface area contributed by atoms with E-state index in [9.17, 15) is 13.2 Å². The van der Waals surface area contributed by atoms with Crippen molar-refractivity contribution in [1.29, 1.82) is 0 Å². The van der Waals surface area contributed by atoms with E-state index in [0.29, 0.717) is 10.3 Å². The van der Waals surface area contributed by atoms with Gasteiger partial charge in [0.05, 0.1) is 10.4 Å². The van der Waals surface area contributed by atoms with E-state index in [4.69, 9.17) is 0 Å². The van der Waals surface area contributed by atoms with Gasteiger partial charge in [-0.3, -0.25) is 5.10 Å². The maximum atomic E-state index is 13.1. The first-order valence-corrected chi connectivity index (χ1v) is 7.46. The number of halogens is 4. The number of rotatable bonds is 2. The van der Waals surface area contributed by atoms with Crippen LogP contribution in [-0.4, -0.2) is 15.2 Å². The Morgan fingerprint density at radius 1 is 1.19 bits per heavy atom. The number of hydrogen-bond acceptors (Lipinski definition) is 3. The largest absolute Gasteiger partial charge is 0.417 e. The number of nitrogens with one attached hydrogen (secondary N) is 1. The molecule has 3 aromatic rings. The van der Waals surface area contributed by atoms with Crippen LogP contribution in [0.4, 0.5) is 13.2 Å². The molecule has 8 heteroatoms. The summed E-state index contributed by atoms with van der Waals surface area (Å²) in [6, 6.07) is 7.57. The van der Waals surface area contributed by atoms with Gasteiger partial charge in [-0.25, -0.2) is 4.98 Å². The van der Waals surface area contributed by atoms with Crippen molar-refractivity contribution < 1.29 is 13.2 Å². The highest BCUT2D eigenvalue weighted by molar-refractivity contribution is 9.10. The summed E-state index contributed by atoms with van der Waals surface area (Å²) in [5, 5.41) is 8.43. The van der Waals surface area contributed by atoms with Gasteiger partial charge in [0.25, 0.3) is 0 Å². The highest BCUT2D eigenvalue weighted by atomic mass is 79.9. The van der Waals surface area contributed by atoms with E-state index in [1.807, 2.05) is 17.5 Å². The van der Waals surface area contributed by atoms with E-state index >= 15 is 0 Å². The molecule has 0 fully saturated rings. The lowest BCUT2D eigenvalue weighted by Gasteiger charge is -2.10. The molecule has 0 spiro atoms. The summed E-state index contributed by atoms with van der Waals surface area (Å²) in [6.45, 7) is 0. The van der Waals surface area contributed by atoms with Crippen LogP contribution in [0.3, 0.4) is 0 Å². The van der Waals surface area contributed by atoms with Gasteiger partial charge in [0, 0.05) is 10.0 Å². The van der Waals surface area contributed by atoms with Crippen LogP contribution in [0.1, 0.15) is 5.56 Å². The molecule has 0 saturated heterocycles. The second-order valence-electron chi connectivity index (χ2n) is 4.17. The van der Waals surface area contributed by atoms with Crippen LogP contribution < -0.4 is 0 Å². The standard InChI is InChI=1S/C13H7BrF3N3S/c14-7-3-4-8(9(6-7)13(15,16)17)11-18-12(20-19-11)10-2-1-5-21-10/h1-6H,(H,18,19,20). The predicted molar refractivity (Wildman–Crippen MR) is 77.8 cm³/mol. The molecule has 0 aliphatic rings. The number of aromatic nitrogens is 3. The zero-order valence-electron chi connectivity index (χ0n) is 10.3. The van der Waals surface area contributed by atoms with Crippen LogP contribution >= 0.6 is 27.3 Å². The average Bonchev–Trinajstić information content (AvgIpc) is 3.08. The zero-order chi connectivity index (χ0) is 15.0. The lowest BCUT2D eigenvalue weighted by Crippen LogP contribution is -2.07. The summed E-state index contributed by atoms with van der Waals surface area (Å²) < 4.78 is 39.7. The zero-order valence-corrected chi connectivity index (χ0v) is 12.7. The SMILES string of the molecule is FC(F)(F)c1cc(Br)ccc1-c1n[nH]c(-c2cccs2)n1. The molecule has 0 unspecified atom stereocenters. The molecule has 3 nitrogen and oxygen atoms in total. The molecule has 0 aliphatic carbocycles. The van der Waals surface area contributed by atoms with Gasteiger partial charge in [-0.2, -0.15) is 18.3 Å². The molecule has 2 heterocycles. The number of hydrogen-bond donors (Lipinski definition) is 1. The van der Waals surface area contributed by atoms with E-state index in [1.165, 1.54) is 23.5 Å². The predicted octanol–water partition coefficient (Wildman–Crippen LogP) is 4.98. The van der Waals surface area contributed by atoms with Crippen LogP contribution in [0.15, 0.2) is 40.2 Å². The molecular weight excluding hydrogens is 367 g/mol. The van der Waals surface area contributed by atoms with Gasteiger partial charge < -0.3 is 0 Å². The van der Waals surface area contributed by atoms with Crippen molar-refractivity contribution in [2.45, 2.75) is 6.18 Å². The van der Waals surface area contributed by atoms with Crippen LogP contribution in [0.25, 0.3) is 22.1 Å². The molecule has 0 saturated carbocycles. The molecule has 0 atom stereocenters. The summed E-state index contributed by atoms with van der Waals surface area (Å²) in [5.41, 5.74) is -0.821. The molecule has 108 valence electrons. The molecule has 1 aromatic carbocycles. The van der Waals surface area contributed by atoms with Crippen LogP contribution in [0, 0.1) is 0 Å². The average molecular weight is 374 g/mol. The summed E-state index contributed by atoms with van der Waals surface area (Å²) in [6.07, 6.45) is -4.47. The first-order valence-electron chi connectivity index (χ1n) is 5.78. The number of alkyl halides is 3. The minimum Gasteiger partial charge on any atom is -0.258 e. The molecule has 0 bridgehead atoms. The van der Waals surface area contributed by atoms with E-state index < -0.39 is 11.7 Å². The lowest BCUT2D eigenvalue weighted by atomic mass is 10.1. The number of aromatic amines is 1. The van der Waals surface area contributed by atoms with Crippen LogP contribution in [0.5, 0.6) is 0 Å². The second kappa shape index (κ2) is 5.27. The lowest BCUT2D eigenvalue weighted by molar-refractivity contribution is -0.137. The number of H-pyrrole nitrogens is 1. The normalized spacial score (nSPS) is 11.8. The molecule has 2 aromatic heterocycles. The van der Waals surface area contributed by atoms with Gasteiger partial charge in [0.15, 0.2) is 11.6 Å². The summed E-state index contributed by atoms with van der Waals surface area (Å²) in [4.78, 5) is 4.97. The molecule has 1 N–H and O–H groups in total. The topological polar surface area (TPSA) is 41.6 Å². The molecule has 0 amide bonds. The van der Waals surface area contributed by atoms with Crippen molar-refractivity contribution in [3.8, 4) is 22.1 Å². The Morgan fingerprint density at radius 3 is 2.67 bits per heavy atom. The van der Waals surface area contributed by atoms with E-state index in [0.717, 1.165) is 10.9 Å². The Hall–Kier alpha value is -1.67. The third kappa shape index (κ3) is 2.86. The van der Waals surface area contributed by atoms with E-state index in [1.54, 1.807) is 0 Å². The first kappa shape index (κ1) is 14.3. The Kier molecular flexibility index (Phi) is 3.58. The van der Waals surface area contributed by atoms with Crippen molar-refractivity contribution in [2.75, 3.05) is 0 Å². The smallest absolute Gasteiger partial charge is 0.258 e. The van der Waals surface area contributed by atoms with Crippen LogP contribution in [0.2, 0.25) is 0 Å². The molecular formula is C13H7BrF3N3S. The van der Waals surface area contributed by atoms with Gasteiger partial charge in [-0.1, -0.05) is 22.0 Å². The fourth-order valence-corrected chi connectivity index (χ4v) is 2.88. The first-order chi connectivity index (χ1) is 9.95. The highest BCUT2D eigenvalue weighted by Gasteiger charge is 2.34. The summed E-state index contributed by atoms with van der Waals surface area (Å²) in [7, 11) is 0. The van der Waals surface area contributed by atoms with E-state index in [-0.39, 0.29) is 11.4 Å². The summed E-state index contributed by atoms with van der Waals surface area (Å²) >= 11 is 4.48. The summed E-state index contributed by atoms with van der Waals surface area (Å²) in [5.74, 6) is 0.481. The van der Waals surface area contributed by atoms with Crippen molar-refractivity contribution in [2.24, 2.45) is 0 Å². The maximum absolute atomic E-state index is 13.1. The number of thiophene rings is 1. The van der Waals surface area contributed by atoms with Crippen molar-refractivity contribution >= 4 is 27.3 Å². The van der Waals surface area contributed by atoms with Crippen molar-refractivity contribution in [1.82, 2.24) is 15.2 Å². The molecule has 21 heavy (non-hydrogen) atoms. The molecule has 0 aliphatic heterocycles. The highest BCUT2D eigenvalue weighted by Crippen LogP contribution is 2.38. The minimum absolute atomic E-state index is 0.0261. The van der Waals surface area contributed by atoms with Gasteiger partial charge in [0.2, 0.25) is 0 Å². The van der Waals surface area contributed by atoms with Crippen molar-refractivity contribution in [3.63, 3.8) is 0 Å². The molecule has 0 radical (unpaired) electrons. The Bertz CT molecular complexity index is 765. The fraction of sp³-hybridized carbons (Fsp3) is 0.0769. The van der Waals surface area contributed by atoms with Gasteiger partial charge in [-0.05, 0) is 29.6 Å². The van der Waals surface area contributed by atoms with Crippen LogP contribution in [-0.2, 0) is 6.18 Å². The fourth-order valence-electron chi connectivity index (χ4n) is 1.85. The minimum atomic E-state index is -4.47. The molecule has 3 rings (SSSR count). The van der Waals surface area contributed by atoms with Gasteiger partial charge in [0.1, 0.15) is 0 Å². The Balaban J connectivity index is 2.09. The maximum Gasteiger partial charge on any atom is 0.417 e. The monoisotopic (exact) mass is 373 g/mol. The van der Waals surface area contributed by atoms with E-state index in [2.05, 4.69) is 31.1 Å². The second-order valence-corrected chi connectivity index (χ2v) is 6.04. The number of nitrogens with zero attached hydrogens (tertiary/aromatic N) is 2.